The molecule has 0 saturated carbocycles. The molecule has 2 amide bonds. The van der Waals surface area contributed by atoms with Gasteiger partial charge in [0.2, 0.25) is 0 Å². The third kappa shape index (κ3) is 6.50. The molecule has 1 fully saturated rings. The summed E-state index contributed by atoms with van der Waals surface area (Å²) < 4.78 is 40.3. The molecule has 0 spiro atoms. The lowest BCUT2D eigenvalue weighted by Crippen LogP contribution is -2.52. The Kier molecular flexibility index (Phi) is 6.46. The Morgan fingerprint density at radius 2 is 2.05 bits per heavy atom. The maximum Gasteiger partial charge on any atom is 0.411 e. The van der Waals surface area contributed by atoms with Gasteiger partial charge in [0.1, 0.15) is 6.61 Å². The first kappa shape index (κ1) is 18.5. The van der Waals surface area contributed by atoms with E-state index in [1.165, 1.54) is 11.8 Å². The van der Waals surface area contributed by atoms with E-state index in [9.17, 15) is 22.8 Å². The molecule has 0 aromatic rings. The van der Waals surface area contributed by atoms with Gasteiger partial charge in [-0.2, -0.15) is 13.2 Å². The summed E-state index contributed by atoms with van der Waals surface area (Å²) in [5, 5.41) is 11.6. The topological polar surface area (TPSA) is 78.9 Å². The Morgan fingerprint density at radius 1 is 1.41 bits per heavy atom. The smallest absolute Gasteiger partial charge is 0.411 e. The monoisotopic (exact) mass is 326 g/mol. The van der Waals surface area contributed by atoms with Crippen LogP contribution in [0.1, 0.15) is 20.3 Å². The molecule has 1 aliphatic heterocycles. The quantitative estimate of drug-likeness (QED) is 0.806. The highest BCUT2D eigenvalue weighted by Gasteiger charge is 2.32. The number of hydrogen-bond donors (Lipinski definition) is 2. The second-order valence-corrected chi connectivity index (χ2v) is 5.76. The van der Waals surface area contributed by atoms with Crippen molar-refractivity contribution >= 4 is 12.0 Å². The zero-order valence-corrected chi connectivity index (χ0v) is 12.5. The largest absolute Gasteiger partial charge is 0.481 e. The number of carboxylic acid groups (broad SMARTS) is 1. The van der Waals surface area contributed by atoms with Crippen LogP contribution in [0, 0.1) is 11.8 Å². The predicted molar refractivity (Wildman–Crippen MR) is 71.3 cm³/mol. The van der Waals surface area contributed by atoms with Gasteiger partial charge in [-0.15, -0.1) is 0 Å². The minimum Gasteiger partial charge on any atom is -0.481 e. The number of amides is 2. The molecule has 0 aromatic carbocycles. The number of likely N-dealkylation sites (tertiary alicyclic amines) is 1. The average molecular weight is 326 g/mol. The zero-order valence-electron chi connectivity index (χ0n) is 12.5. The van der Waals surface area contributed by atoms with Gasteiger partial charge in [-0.05, 0) is 19.3 Å². The number of nitrogens with one attached hydrogen (secondary N) is 1. The summed E-state index contributed by atoms with van der Waals surface area (Å²) in [6.45, 7) is 2.26. The van der Waals surface area contributed by atoms with Crippen LogP contribution in [-0.4, -0.2) is 60.5 Å². The van der Waals surface area contributed by atoms with Crippen molar-refractivity contribution in [2.24, 2.45) is 11.8 Å². The molecule has 3 unspecified atom stereocenters. The van der Waals surface area contributed by atoms with E-state index in [1.807, 2.05) is 6.92 Å². The molecule has 6 nitrogen and oxygen atoms in total. The molecule has 1 aliphatic rings. The number of piperidine rings is 1. The maximum absolute atomic E-state index is 12.0. The summed E-state index contributed by atoms with van der Waals surface area (Å²) in [6, 6.07) is -1.09. The fraction of sp³-hybridized carbons (Fsp3) is 0.846. The maximum atomic E-state index is 12.0. The number of carbonyl (C=O) groups is 2. The third-order valence-electron chi connectivity index (χ3n) is 3.30. The van der Waals surface area contributed by atoms with E-state index in [0.29, 0.717) is 13.0 Å². The Hall–Kier alpha value is -1.51. The Bertz CT molecular complexity index is 403. The minimum atomic E-state index is -4.40. The molecule has 1 saturated heterocycles. The number of hydrogen-bond acceptors (Lipinski definition) is 3. The molecule has 0 radical (unpaired) electrons. The van der Waals surface area contributed by atoms with Crippen molar-refractivity contribution in [2.45, 2.75) is 32.5 Å². The van der Waals surface area contributed by atoms with Crippen molar-refractivity contribution in [3.05, 3.63) is 0 Å². The number of halogens is 3. The van der Waals surface area contributed by atoms with Crippen LogP contribution in [0.25, 0.3) is 0 Å². The van der Waals surface area contributed by atoms with Crippen molar-refractivity contribution < 1.29 is 32.6 Å². The number of carboxylic acids is 1. The van der Waals surface area contributed by atoms with Gasteiger partial charge >= 0.3 is 18.2 Å². The second kappa shape index (κ2) is 7.66. The minimum absolute atomic E-state index is 0.0531. The van der Waals surface area contributed by atoms with Crippen molar-refractivity contribution in [1.82, 2.24) is 10.2 Å². The van der Waals surface area contributed by atoms with Gasteiger partial charge in [0.15, 0.2) is 0 Å². The number of urea groups is 1. The van der Waals surface area contributed by atoms with Crippen LogP contribution < -0.4 is 5.32 Å². The van der Waals surface area contributed by atoms with E-state index >= 15 is 0 Å². The fourth-order valence-corrected chi connectivity index (χ4v) is 2.39. The van der Waals surface area contributed by atoms with E-state index in [1.54, 1.807) is 0 Å². The highest BCUT2D eigenvalue weighted by molar-refractivity contribution is 5.76. The molecule has 2 N–H and O–H groups in total. The predicted octanol–water partition coefficient (Wildman–Crippen LogP) is 1.71. The van der Waals surface area contributed by atoms with Gasteiger partial charge in [-0.25, -0.2) is 4.79 Å². The van der Waals surface area contributed by atoms with Gasteiger partial charge in [-0.3, -0.25) is 4.79 Å². The lowest BCUT2D eigenvalue weighted by atomic mass is 9.91. The number of alkyl halides is 3. The van der Waals surface area contributed by atoms with Crippen LogP contribution in [-0.2, 0) is 9.53 Å². The molecule has 0 aliphatic carbocycles. The summed E-state index contributed by atoms with van der Waals surface area (Å²) in [5.74, 6) is -1.52. The highest BCUT2D eigenvalue weighted by atomic mass is 19.4. The summed E-state index contributed by atoms with van der Waals surface area (Å²) in [5.41, 5.74) is 0. The molecular weight excluding hydrogens is 305 g/mol. The Balaban J connectivity index is 2.41. The van der Waals surface area contributed by atoms with Gasteiger partial charge in [0, 0.05) is 13.1 Å². The van der Waals surface area contributed by atoms with Crippen molar-refractivity contribution in [3.63, 3.8) is 0 Å². The van der Waals surface area contributed by atoms with Crippen molar-refractivity contribution in [2.75, 3.05) is 26.3 Å². The number of nitrogens with zero attached hydrogens (tertiary/aromatic N) is 1. The van der Waals surface area contributed by atoms with E-state index in [2.05, 4.69) is 10.1 Å². The molecule has 0 aromatic heterocycles. The third-order valence-corrected chi connectivity index (χ3v) is 3.30. The summed E-state index contributed by atoms with van der Waals surface area (Å²) in [6.07, 6.45) is -3.90. The first-order valence-electron chi connectivity index (χ1n) is 7.01. The molecule has 1 heterocycles. The molecule has 9 heteroatoms. The lowest BCUT2D eigenvalue weighted by molar-refractivity contribution is -0.174. The zero-order chi connectivity index (χ0) is 16.9. The molecule has 3 atom stereocenters. The summed E-state index contributed by atoms with van der Waals surface area (Å²) in [7, 11) is 0. The van der Waals surface area contributed by atoms with Crippen LogP contribution in [0.4, 0.5) is 18.0 Å². The molecule has 128 valence electrons. The SMILES string of the molecule is CC1CC(C(=O)O)CN(C(=O)NC(C)COCC(F)(F)F)C1. The normalized spacial score (nSPS) is 24.0. The Morgan fingerprint density at radius 3 is 2.59 bits per heavy atom. The van der Waals surface area contributed by atoms with Crippen LogP contribution in [0.3, 0.4) is 0 Å². The van der Waals surface area contributed by atoms with Crippen molar-refractivity contribution in [3.8, 4) is 0 Å². The highest BCUT2D eigenvalue weighted by Crippen LogP contribution is 2.21. The van der Waals surface area contributed by atoms with Crippen LogP contribution in [0.2, 0.25) is 0 Å². The van der Waals surface area contributed by atoms with Crippen LogP contribution >= 0.6 is 0 Å². The van der Waals surface area contributed by atoms with Crippen LogP contribution in [0.15, 0.2) is 0 Å². The Labute approximate surface area is 126 Å². The second-order valence-electron chi connectivity index (χ2n) is 5.76. The van der Waals surface area contributed by atoms with Gasteiger partial charge < -0.3 is 20.1 Å². The van der Waals surface area contributed by atoms with Gasteiger partial charge in [0.05, 0.1) is 18.6 Å². The standard InChI is InChI=1S/C13H21F3N2O4/c1-8-3-10(11(19)20)5-18(4-8)12(21)17-9(2)6-22-7-13(14,15)16/h8-10H,3-7H2,1-2H3,(H,17,21)(H,19,20). The number of rotatable bonds is 5. The van der Waals surface area contributed by atoms with E-state index in [0.717, 1.165) is 0 Å². The van der Waals surface area contributed by atoms with E-state index in [4.69, 9.17) is 5.11 Å². The van der Waals surface area contributed by atoms with Gasteiger partial charge in [-0.1, -0.05) is 6.92 Å². The number of carbonyl (C=O) groups excluding carboxylic acids is 1. The van der Waals surface area contributed by atoms with E-state index in [-0.39, 0.29) is 19.1 Å². The summed E-state index contributed by atoms with van der Waals surface area (Å²) in [4.78, 5) is 24.4. The molecular formula is C13H21F3N2O4. The molecule has 22 heavy (non-hydrogen) atoms. The molecule has 1 rings (SSSR count). The molecule has 0 bridgehead atoms. The van der Waals surface area contributed by atoms with Crippen LogP contribution in [0.5, 0.6) is 0 Å². The first-order chi connectivity index (χ1) is 10.1. The van der Waals surface area contributed by atoms with Crippen molar-refractivity contribution in [1.29, 1.82) is 0 Å². The first-order valence-corrected chi connectivity index (χ1v) is 7.01. The lowest BCUT2D eigenvalue weighted by Gasteiger charge is -2.35. The average Bonchev–Trinajstić information content (AvgIpc) is 2.36. The fourth-order valence-electron chi connectivity index (χ4n) is 2.39. The van der Waals surface area contributed by atoms with Gasteiger partial charge in [0.25, 0.3) is 0 Å². The number of aliphatic carboxylic acids is 1. The summed E-state index contributed by atoms with van der Waals surface area (Å²) >= 11 is 0. The van der Waals surface area contributed by atoms with E-state index < -0.39 is 36.7 Å². The number of ether oxygens (including phenoxy) is 1.